The first-order valence-electron chi connectivity index (χ1n) is 4.93. The summed E-state index contributed by atoms with van der Waals surface area (Å²) in [5.41, 5.74) is 1.38. The van der Waals surface area contributed by atoms with Crippen LogP contribution in [0.15, 0.2) is 33.8 Å². The molecule has 0 radical (unpaired) electrons. The highest BCUT2D eigenvalue weighted by Crippen LogP contribution is 2.34. The maximum atomic E-state index is 11.4. The fraction of sp³-hybridized carbons (Fsp3) is 0.167. The molecule has 3 nitrogen and oxygen atoms in total. The standard InChI is InChI=1S/C12H9BrN2OS/c1-15-11(16)7-17-12(15)10(6-14)8-2-4-9(13)5-3-8/h2-5H,7H2,1H3/b12-10-. The molecular formula is C12H9BrN2OS. The molecule has 0 aliphatic carbocycles. The van der Waals surface area contributed by atoms with Gasteiger partial charge in [0, 0.05) is 11.5 Å². The number of benzene rings is 1. The predicted molar refractivity (Wildman–Crippen MR) is 71.9 cm³/mol. The maximum Gasteiger partial charge on any atom is 0.237 e. The van der Waals surface area contributed by atoms with Gasteiger partial charge < -0.3 is 4.90 Å². The summed E-state index contributed by atoms with van der Waals surface area (Å²) in [6.45, 7) is 0. The van der Waals surface area contributed by atoms with Gasteiger partial charge >= 0.3 is 0 Å². The molecule has 1 heterocycles. The molecule has 86 valence electrons. The van der Waals surface area contributed by atoms with Gasteiger partial charge in [0.05, 0.1) is 16.4 Å². The molecule has 0 unspecified atom stereocenters. The zero-order valence-electron chi connectivity index (χ0n) is 9.11. The van der Waals surface area contributed by atoms with Crippen LogP contribution in [-0.2, 0) is 4.79 Å². The van der Waals surface area contributed by atoms with Crippen LogP contribution in [0.3, 0.4) is 0 Å². The Labute approximate surface area is 112 Å². The van der Waals surface area contributed by atoms with Gasteiger partial charge in [-0.05, 0) is 17.7 Å². The zero-order chi connectivity index (χ0) is 12.4. The van der Waals surface area contributed by atoms with Crippen molar-refractivity contribution in [2.45, 2.75) is 0 Å². The Morgan fingerprint density at radius 3 is 2.59 bits per heavy atom. The fourth-order valence-corrected chi connectivity index (χ4v) is 2.85. The first kappa shape index (κ1) is 12.2. The number of carbonyl (C=O) groups excluding carboxylic acids is 1. The molecule has 0 aromatic heterocycles. The number of halogens is 1. The molecule has 2 rings (SSSR count). The van der Waals surface area contributed by atoms with Crippen LogP contribution in [-0.4, -0.2) is 23.6 Å². The zero-order valence-corrected chi connectivity index (χ0v) is 11.5. The number of thioether (sulfide) groups is 1. The number of hydrogen-bond acceptors (Lipinski definition) is 3. The third-order valence-corrected chi connectivity index (χ3v) is 4.14. The molecule has 1 aliphatic rings. The van der Waals surface area contributed by atoms with Crippen LogP contribution in [0.2, 0.25) is 0 Å². The molecule has 0 spiro atoms. The van der Waals surface area contributed by atoms with Crippen LogP contribution in [0.25, 0.3) is 5.57 Å². The van der Waals surface area contributed by atoms with E-state index in [0.29, 0.717) is 11.3 Å². The summed E-state index contributed by atoms with van der Waals surface area (Å²) in [5, 5.41) is 9.98. The largest absolute Gasteiger partial charge is 0.308 e. The van der Waals surface area contributed by atoms with E-state index in [9.17, 15) is 10.1 Å². The van der Waals surface area contributed by atoms with Crippen LogP contribution in [0.1, 0.15) is 5.56 Å². The van der Waals surface area contributed by atoms with Gasteiger partial charge in [-0.1, -0.05) is 39.8 Å². The second-order valence-corrected chi connectivity index (χ2v) is 5.42. The minimum atomic E-state index is 0.0369. The van der Waals surface area contributed by atoms with Crippen molar-refractivity contribution in [1.82, 2.24) is 4.90 Å². The van der Waals surface area contributed by atoms with Gasteiger partial charge in [-0.15, -0.1) is 0 Å². The van der Waals surface area contributed by atoms with E-state index in [1.807, 2.05) is 24.3 Å². The Balaban J connectivity index is 2.47. The van der Waals surface area contributed by atoms with Crippen molar-refractivity contribution < 1.29 is 4.79 Å². The summed E-state index contributed by atoms with van der Waals surface area (Å²) in [6.07, 6.45) is 0. The lowest BCUT2D eigenvalue weighted by Crippen LogP contribution is -2.19. The Hall–Kier alpha value is -1.25. The first-order chi connectivity index (χ1) is 8.13. The van der Waals surface area contributed by atoms with Gasteiger partial charge in [-0.25, -0.2) is 0 Å². The summed E-state index contributed by atoms with van der Waals surface area (Å²) in [7, 11) is 1.70. The van der Waals surface area contributed by atoms with E-state index in [1.54, 1.807) is 11.9 Å². The summed E-state index contributed by atoms with van der Waals surface area (Å²) in [5.74, 6) is 0.447. The van der Waals surface area contributed by atoms with Crippen molar-refractivity contribution in [3.8, 4) is 6.07 Å². The van der Waals surface area contributed by atoms with Crippen molar-refractivity contribution >= 4 is 39.2 Å². The predicted octanol–water partition coefficient (Wildman–Crippen LogP) is 2.85. The second-order valence-electron chi connectivity index (χ2n) is 3.54. The molecule has 1 saturated heterocycles. The Kier molecular flexibility index (Phi) is 3.55. The van der Waals surface area contributed by atoms with E-state index in [4.69, 9.17) is 0 Å². The average Bonchev–Trinajstić information content (AvgIpc) is 2.65. The lowest BCUT2D eigenvalue weighted by atomic mass is 10.1. The van der Waals surface area contributed by atoms with Crippen molar-refractivity contribution in [1.29, 1.82) is 5.26 Å². The fourth-order valence-electron chi connectivity index (χ4n) is 1.53. The second kappa shape index (κ2) is 4.94. The van der Waals surface area contributed by atoms with Gasteiger partial charge in [0.1, 0.15) is 6.07 Å². The molecular weight excluding hydrogens is 300 g/mol. The van der Waals surface area contributed by atoms with E-state index >= 15 is 0 Å². The topological polar surface area (TPSA) is 44.1 Å². The summed E-state index contributed by atoms with van der Waals surface area (Å²) < 4.78 is 0.965. The van der Waals surface area contributed by atoms with Gasteiger partial charge in [-0.2, -0.15) is 5.26 Å². The first-order valence-corrected chi connectivity index (χ1v) is 6.71. The number of nitriles is 1. The highest BCUT2D eigenvalue weighted by atomic mass is 79.9. The van der Waals surface area contributed by atoms with E-state index in [1.165, 1.54) is 11.8 Å². The van der Waals surface area contributed by atoms with E-state index in [0.717, 1.165) is 15.1 Å². The minimum absolute atomic E-state index is 0.0369. The van der Waals surface area contributed by atoms with Gasteiger partial charge in [0.2, 0.25) is 5.91 Å². The Morgan fingerprint density at radius 1 is 1.47 bits per heavy atom. The molecule has 0 bridgehead atoms. The van der Waals surface area contributed by atoms with E-state index < -0.39 is 0 Å². The van der Waals surface area contributed by atoms with Crippen LogP contribution in [0, 0.1) is 11.3 Å². The molecule has 0 saturated carbocycles. The molecule has 1 amide bonds. The lowest BCUT2D eigenvalue weighted by molar-refractivity contribution is -0.124. The number of rotatable bonds is 1. The number of amides is 1. The van der Waals surface area contributed by atoms with Crippen molar-refractivity contribution in [3.05, 3.63) is 39.3 Å². The molecule has 1 aromatic carbocycles. The summed E-state index contributed by atoms with van der Waals surface area (Å²) in [6, 6.07) is 9.68. The molecule has 17 heavy (non-hydrogen) atoms. The third kappa shape index (κ3) is 2.38. The SMILES string of the molecule is CN1C(=O)CS/C1=C(/C#N)c1ccc(Br)cc1. The average molecular weight is 309 g/mol. The van der Waals surface area contributed by atoms with Crippen LogP contribution in [0.4, 0.5) is 0 Å². The Bertz CT molecular complexity index is 530. The number of nitrogens with zero attached hydrogens (tertiary/aromatic N) is 2. The minimum Gasteiger partial charge on any atom is -0.308 e. The highest BCUT2D eigenvalue weighted by Gasteiger charge is 2.26. The molecule has 1 fully saturated rings. The van der Waals surface area contributed by atoms with Gasteiger partial charge in [0.15, 0.2) is 0 Å². The monoisotopic (exact) mass is 308 g/mol. The van der Waals surface area contributed by atoms with E-state index in [-0.39, 0.29) is 5.91 Å². The van der Waals surface area contributed by atoms with Crippen LogP contribution < -0.4 is 0 Å². The smallest absolute Gasteiger partial charge is 0.237 e. The normalized spacial score (nSPS) is 18.2. The molecule has 0 atom stereocenters. The van der Waals surface area contributed by atoms with E-state index in [2.05, 4.69) is 22.0 Å². The van der Waals surface area contributed by atoms with Crippen molar-refractivity contribution in [2.24, 2.45) is 0 Å². The van der Waals surface area contributed by atoms with Crippen molar-refractivity contribution in [2.75, 3.05) is 12.8 Å². The maximum absolute atomic E-state index is 11.4. The molecule has 1 aromatic rings. The number of hydrogen-bond donors (Lipinski definition) is 0. The summed E-state index contributed by atoms with van der Waals surface area (Å²) >= 11 is 4.76. The van der Waals surface area contributed by atoms with Gasteiger partial charge in [0.25, 0.3) is 0 Å². The lowest BCUT2D eigenvalue weighted by Gasteiger charge is -2.11. The molecule has 1 aliphatic heterocycles. The number of carbonyl (C=O) groups is 1. The van der Waals surface area contributed by atoms with Crippen molar-refractivity contribution in [3.63, 3.8) is 0 Å². The molecule has 5 heteroatoms. The summed E-state index contributed by atoms with van der Waals surface area (Å²) in [4.78, 5) is 13.0. The highest BCUT2D eigenvalue weighted by molar-refractivity contribution is 9.10. The molecule has 0 N–H and O–H groups in total. The Morgan fingerprint density at radius 2 is 2.12 bits per heavy atom. The third-order valence-electron chi connectivity index (χ3n) is 2.47. The van der Waals surface area contributed by atoms with Crippen LogP contribution >= 0.6 is 27.7 Å². The van der Waals surface area contributed by atoms with Crippen LogP contribution in [0.5, 0.6) is 0 Å². The van der Waals surface area contributed by atoms with Gasteiger partial charge in [-0.3, -0.25) is 4.79 Å². The quantitative estimate of drug-likeness (QED) is 0.749. The number of allylic oxidation sites excluding steroid dienone is 1.